The minimum Gasteiger partial charge on any atom is -0.479 e. The maximum absolute atomic E-state index is 10.7. The van der Waals surface area contributed by atoms with Gasteiger partial charge in [0.1, 0.15) is 0 Å². The predicted molar refractivity (Wildman–Crippen MR) is 53.4 cm³/mol. The lowest BCUT2D eigenvalue weighted by Gasteiger charge is -2.25. The Morgan fingerprint density at radius 3 is 2.13 bits per heavy atom. The lowest BCUT2D eigenvalue weighted by atomic mass is 9.85. The van der Waals surface area contributed by atoms with Gasteiger partial charge < -0.3 is 15.3 Å². The monoisotopic (exact) mass is 216 g/mol. The highest BCUT2D eigenvalue weighted by Gasteiger charge is 2.37. The first-order valence-corrected chi connectivity index (χ1v) is 4.57. The summed E-state index contributed by atoms with van der Waals surface area (Å²) in [5.41, 5.74) is -1.81. The molecule has 0 aromatic heterocycles. The van der Waals surface area contributed by atoms with E-state index in [9.17, 15) is 14.7 Å². The zero-order valence-corrected chi connectivity index (χ0v) is 9.02. The molecule has 0 bridgehead atoms. The standard InChI is InChI=1S/C10H16O5/c1-4-7(8(11)12)5-6(2)10(3,15)9(13)14/h4,6,15H,5H2,1-3H3,(H,11,12)(H,13,14). The molecule has 5 heteroatoms. The number of carboxylic acids is 2. The molecule has 0 amide bonds. The Hall–Kier alpha value is -1.36. The van der Waals surface area contributed by atoms with Gasteiger partial charge in [0.15, 0.2) is 5.60 Å². The van der Waals surface area contributed by atoms with Crippen molar-refractivity contribution in [2.45, 2.75) is 32.8 Å². The van der Waals surface area contributed by atoms with Crippen molar-refractivity contribution < 1.29 is 24.9 Å². The molecule has 86 valence electrons. The summed E-state index contributed by atoms with van der Waals surface area (Å²) in [5.74, 6) is -3.11. The average molecular weight is 216 g/mol. The fourth-order valence-electron chi connectivity index (χ4n) is 1.07. The van der Waals surface area contributed by atoms with Crippen LogP contribution >= 0.6 is 0 Å². The summed E-state index contributed by atoms with van der Waals surface area (Å²) < 4.78 is 0. The molecule has 0 aliphatic rings. The number of hydrogen-bond donors (Lipinski definition) is 3. The van der Waals surface area contributed by atoms with Crippen molar-refractivity contribution in [1.82, 2.24) is 0 Å². The second-order valence-corrected chi connectivity index (χ2v) is 3.68. The molecule has 3 N–H and O–H groups in total. The predicted octanol–water partition coefficient (Wildman–Crippen LogP) is 0.879. The molecule has 0 saturated carbocycles. The average Bonchev–Trinajstić information content (AvgIpc) is 2.12. The molecule has 0 fully saturated rings. The number of allylic oxidation sites excluding steroid dienone is 1. The lowest BCUT2D eigenvalue weighted by molar-refractivity contribution is -0.162. The molecule has 5 nitrogen and oxygen atoms in total. The van der Waals surface area contributed by atoms with Gasteiger partial charge in [-0.25, -0.2) is 9.59 Å². The van der Waals surface area contributed by atoms with Gasteiger partial charge in [-0.15, -0.1) is 0 Å². The summed E-state index contributed by atoms with van der Waals surface area (Å²) in [6.07, 6.45) is 1.42. The van der Waals surface area contributed by atoms with Crippen LogP contribution in [0.1, 0.15) is 27.2 Å². The third-order valence-corrected chi connectivity index (χ3v) is 2.54. The van der Waals surface area contributed by atoms with Gasteiger partial charge in [-0.2, -0.15) is 0 Å². The van der Waals surface area contributed by atoms with Crippen LogP contribution in [0.25, 0.3) is 0 Å². The van der Waals surface area contributed by atoms with Crippen molar-refractivity contribution in [3.8, 4) is 0 Å². The van der Waals surface area contributed by atoms with E-state index in [-0.39, 0.29) is 12.0 Å². The molecular weight excluding hydrogens is 200 g/mol. The molecule has 0 aliphatic heterocycles. The molecule has 2 atom stereocenters. The minimum atomic E-state index is -1.91. The van der Waals surface area contributed by atoms with E-state index in [1.54, 1.807) is 6.92 Å². The zero-order chi connectivity index (χ0) is 12.2. The first-order chi connectivity index (χ1) is 6.73. The Morgan fingerprint density at radius 1 is 1.40 bits per heavy atom. The third kappa shape index (κ3) is 3.36. The number of hydrogen-bond acceptors (Lipinski definition) is 3. The highest BCUT2D eigenvalue weighted by molar-refractivity contribution is 5.86. The zero-order valence-electron chi connectivity index (χ0n) is 9.02. The van der Waals surface area contributed by atoms with E-state index in [2.05, 4.69) is 0 Å². The van der Waals surface area contributed by atoms with Crippen LogP contribution < -0.4 is 0 Å². The van der Waals surface area contributed by atoms with Crippen LogP contribution in [-0.4, -0.2) is 32.9 Å². The summed E-state index contributed by atoms with van der Waals surface area (Å²) in [5, 5.41) is 27.0. The van der Waals surface area contributed by atoms with Crippen LogP contribution in [0.4, 0.5) is 0 Å². The van der Waals surface area contributed by atoms with Crippen molar-refractivity contribution >= 4 is 11.9 Å². The van der Waals surface area contributed by atoms with Crippen molar-refractivity contribution in [1.29, 1.82) is 0 Å². The number of rotatable bonds is 5. The number of carbonyl (C=O) groups is 2. The van der Waals surface area contributed by atoms with Gasteiger partial charge >= 0.3 is 11.9 Å². The normalized spacial score (nSPS) is 18.0. The van der Waals surface area contributed by atoms with Crippen LogP contribution in [0.2, 0.25) is 0 Å². The van der Waals surface area contributed by atoms with E-state index in [1.165, 1.54) is 13.0 Å². The maximum atomic E-state index is 10.7. The van der Waals surface area contributed by atoms with E-state index in [4.69, 9.17) is 10.2 Å². The number of aliphatic hydroxyl groups is 1. The number of carboxylic acid groups (broad SMARTS) is 2. The SMILES string of the molecule is CC=C(CC(C)C(C)(O)C(=O)O)C(=O)O. The summed E-state index contributed by atoms with van der Waals surface area (Å²) >= 11 is 0. The maximum Gasteiger partial charge on any atom is 0.335 e. The molecule has 2 unspecified atom stereocenters. The summed E-state index contributed by atoms with van der Waals surface area (Å²) in [6.45, 7) is 4.22. The molecule has 0 saturated heterocycles. The molecule has 0 radical (unpaired) electrons. The fourth-order valence-corrected chi connectivity index (χ4v) is 1.07. The van der Waals surface area contributed by atoms with Gasteiger partial charge in [0, 0.05) is 5.57 Å². The molecule has 0 aliphatic carbocycles. The van der Waals surface area contributed by atoms with Crippen molar-refractivity contribution in [3.63, 3.8) is 0 Å². The van der Waals surface area contributed by atoms with E-state index < -0.39 is 23.5 Å². The second kappa shape index (κ2) is 4.93. The van der Waals surface area contributed by atoms with Gasteiger partial charge in [-0.1, -0.05) is 13.0 Å². The molecule has 0 aromatic carbocycles. The summed E-state index contributed by atoms with van der Waals surface area (Å²) in [7, 11) is 0. The van der Waals surface area contributed by atoms with Gasteiger partial charge in [-0.3, -0.25) is 0 Å². The largest absolute Gasteiger partial charge is 0.479 e. The van der Waals surface area contributed by atoms with E-state index in [1.807, 2.05) is 0 Å². The Labute approximate surface area is 88.0 Å². The molecule has 0 spiro atoms. The topological polar surface area (TPSA) is 94.8 Å². The Morgan fingerprint density at radius 2 is 1.87 bits per heavy atom. The fraction of sp³-hybridized carbons (Fsp3) is 0.600. The lowest BCUT2D eigenvalue weighted by Crippen LogP contribution is -2.42. The van der Waals surface area contributed by atoms with Gasteiger partial charge in [0.2, 0.25) is 0 Å². The van der Waals surface area contributed by atoms with Crippen molar-refractivity contribution in [2.75, 3.05) is 0 Å². The van der Waals surface area contributed by atoms with Crippen molar-refractivity contribution in [3.05, 3.63) is 11.6 Å². The molecule has 15 heavy (non-hydrogen) atoms. The van der Waals surface area contributed by atoms with Crippen LogP contribution in [-0.2, 0) is 9.59 Å². The van der Waals surface area contributed by atoms with Crippen molar-refractivity contribution in [2.24, 2.45) is 5.92 Å². The van der Waals surface area contributed by atoms with Crippen LogP contribution in [0.15, 0.2) is 11.6 Å². The summed E-state index contributed by atoms with van der Waals surface area (Å²) in [6, 6.07) is 0. The Bertz CT molecular complexity index is 290. The third-order valence-electron chi connectivity index (χ3n) is 2.54. The van der Waals surface area contributed by atoms with Crippen LogP contribution in [0.3, 0.4) is 0 Å². The molecule has 0 aromatic rings. The van der Waals surface area contributed by atoms with E-state index in [0.717, 1.165) is 6.92 Å². The first-order valence-electron chi connectivity index (χ1n) is 4.57. The second-order valence-electron chi connectivity index (χ2n) is 3.68. The molecule has 0 heterocycles. The van der Waals surface area contributed by atoms with Gasteiger partial charge in [-0.05, 0) is 26.2 Å². The van der Waals surface area contributed by atoms with Crippen LogP contribution in [0, 0.1) is 5.92 Å². The van der Waals surface area contributed by atoms with Gasteiger partial charge in [0.05, 0.1) is 0 Å². The van der Waals surface area contributed by atoms with E-state index in [0.29, 0.717) is 0 Å². The molecule has 0 rings (SSSR count). The Balaban J connectivity index is 4.69. The molecular formula is C10H16O5. The Kier molecular flexibility index (Phi) is 4.48. The van der Waals surface area contributed by atoms with Crippen LogP contribution in [0.5, 0.6) is 0 Å². The quantitative estimate of drug-likeness (QED) is 0.593. The highest BCUT2D eigenvalue weighted by Crippen LogP contribution is 2.24. The smallest absolute Gasteiger partial charge is 0.335 e. The highest BCUT2D eigenvalue weighted by atomic mass is 16.4. The first kappa shape index (κ1) is 13.6. The summed E-state index contributed by atoms with van der Waals surface area (Å²) in [4.78, 5) is 21.4. The number of aliphatic carboxylic acids is 2. The van der Waals surface area contributed by atoms with Gasteiger partial charge in [0.25, 0.3) is 0 Å². The minimum absolute atomic E-state index is 0.0190. The van der Waals surface area contributed by atoms with E-state index >= 15 is 0 Å².